The lowest BCUT2D eigenvalue weighted by atomic mass is 9.90. The number of nitrogens with zero attached hydrogens (tertiary/aromatic N) is 2. The second kappa shape index (κ2) is 5.92. The maximum absolute atomic E-state index is 5.93. The third-order valence-corrected chi connectivity index (χ3v) is 3.98. The summed E-state index contributed by atoms with van der Waals surface area (Å²) in [5.74, 6) is 5.80. The summed E-state index contributed by atoms with van der Waals surface area (Å²) in [6.45, 7) is 5.85. The number of anilines is 1. The minimum atomic E-state index is 0.813. The summed E-state index contributed by atoms with van der Waals surface area (Å²) < 4.78 is 0. The lowest BCUT2D eigenvalue weighted by Crippen LogP contribution is -2.49. The fraction of sp³-hybridized carbons (Fsp3) is 0.294. The molecule has 1 aliphatic rings. The number of aryl methyl sites for hydroxylation is 1. The molecular weight excluding hydrogens is 257 g/mol. The second-order valence-corrected chi connectivity index (χ2v) is 5.70. The first-order valence-corrected chi connectivity index (χ1v) is 7.34. The number of hydrogen-bond donors (Lipinski definition) is 1. The molecule has 0 atom stereocenters. The van der Waals surface area contributed by atoms with Crippen molar-refractivity contribution in [1.82, 2.24) is 5.01 Å². The van der Waals surface area contributed by atoms with E-state index in [1.54, 1.807) is 0 Å². The summed E-state index contributed by atoms with van der Waals surface area (Å²) in [6, 6.07) is 14.9. The van der Waals surface area contributed by atoms with Crippen LogP contribution in [-0.4, -0.2) is 39.0 Å². The molecule has 0 aromatic heterocycles. The van der Waals surface area contributed by atoms with Crippen molar-refractivity contribution in [2.24, 2.45) is 5.84 Å². The predicted molar refractivity (Wildman–Crippen MR) is 90.0 cm³/mol. The Morgan fingerprint density at radius 2 is 1.57 bits per heavy atom. The van der Waals surface area contributed by atoms with Crippen molar-refractivity contribution < 1.29 is 0 Å². The Kier molecular flexibility index (Phi) is 4.00. The molecule has 0 aliphatic carbocycles. The Bertz CT molecular complexity index is 596. The van der Waals surface area contributed by atoms with Crippen LogP contribution in [0.4, 0.5) is 5.69 Å². The van der Waals surface area contributed by atoms with Crippen molar-refractivity contribution >= 4 is 19.0 Å². The van der Waals surface area contributed by atoms with Crippen LogP contribution >= 0.6 is 0 Å². The molecule has 2 aromatic carbocycles. The Labute approximate surface area is 127 Å². The molecule has 2 N–H and O–H groups in total. The highest BCUT2D eigenvalue weighted by Gasteiger charge is 2.14. The van der Waals surface area contributed by atoms with Gasteiger partial charge in [-0.1, -0.05) is 41.4 Å². The van der Waals surface area contributed by atoms with Crippen molar-refractivity contribution in [3.8, 4) is 11.1 Å². The minimum absolute atomic E-state index is 0.813. The molecule has 0 spiro atoms. The normalized spacial score (nSPS) is 16.2. The summed E-state index contributed by atoms with van der Waals surface area (Å²) >= 11 is 0. The van der Waals surface area contributed by atoms with Crippen molar-refractivity contribution in [3.63, 3.8) is 0 Å². The third-order valence-electron chi connectivity index (χ3n) is 3.98. The second-order valence-electron chi connectivity index (χ2n) is 5.70. The van der Waals surface area contributed by atoms with E-state index in [-0.39, 0.29) is 0 Å². The van der Waals surface area contributed by atoms with Gasteiger partial charge >= 0.3 is 0 Å². The van der Waals surface area contributed by atoms with Crippen molar-refractivity contribution in [1.29, 1.82) is 0 Å². The Morgan fingerprint density at radius 1 is 0.905 bits per heavy atom. The Hall–Kier alpha value is -1.78. The molecule has 106 valence electrons. The topological polar surface area (TPSA) is 32.5 Å². The first kappa shape index (κ1) is 14.2. The Morgan fingerprint density at radius 3 is 2.19 bits per heavy atom. The Balaban J connectivity index is 1.80. The van der Waals surface area contributed by atoms with Crippen LogP contribution in [0, 0.1) is 6.92 Å². The van der Waals surface area contributed by atoms with Gasteiger partial charge in [0.15, 0.2) is 0 Å². The number of hydrogen-bond acceptors (Lipinski definition) is 3. The van der Waals surface area contributed by atoms with E-state index in [2.05, 4.69) is 42.2 Å². The van der Waals surface area contributed by atoms with E-state index in [4.69, 9.17) is 13.7 Å². The van der Waals surface area contributed by atoms with Gasteiger partial charge in [0.05, 0.1) is 0 Å². The van der Waals surface area contributed by atoms with Crippen LogP contribution in [0.3, 0.4) is 0 Å². The number of nitrogens with two attached hydrogens (primary N) is 1. The lowest BCUT2D eigenvalue weighted by molar-refractivity contribution is 0.266. The van der Waals surface area contributed by atoms with Crippen LogP contribution in [0.5, 0.6) is 0 Å². The summed E-state index contributed by atoms with van der Waals surface area (Å²) in [5.41, 5.74) is 5.63. The number of hydrazine groups is 1. The summed E-state index contributed by atoms with van der Waals surface area (Å²) in [6.07, 6.45) is 0. The van der Waals surface area contributed by atoms with E-state index in [0.29, 0.717) is 0 Å². The number of rotatable bonds is 2. The molecule has 2 radical (unpaired) electrons. The van der Waals surface area contributed by atoms with Crippen LogP contribution in [0.15, 0.2) is 42.5 Å². The fourth-order valence-corrected chi connectivity index (χ4v) is 2.82. The smallest absolute Gasteiger partial charge is 0.113 e. The largest absolute Gasteiger partial charge is 0.369 e. The highest BCUT2D eigenvalue weighted by Crippen LogP contribution is 2.23. The van der Waals surface area contributed by atoms with Crippen LogP contribution < -0.4 is 16.2 Å². The molecule has 1 aliphatic heterocycles. The molecule has 3 nitrogen and oxygen atoms in total. The van der Waals surface area contributed by atoms with Gasteiger partial charge in [-0.05, 0) is 30.2 Å². The van der Waals surface area contributed by atoms with Gasteiger partial charge in [0, 0.05) is 31.9 Å². The van der Waals surface area contributed by atoms with E-state index >= 15 is 0 Å². The van der Waals surface area contributed by atoms with Gasteiger partial charge in [0.2, 0.25) is 0 Å². The molecule has 1 heterocycles. The quantitative estimate of drug-likeness (QED) is 0.666. The monoisotopic (exact) mass is 277 g/mol. The standard InChI is InChI=1S/C17H20BN3/c1-13-10-15(12-16(18)11-13)14-2-4-17(5-3-14)20-6-8-21(19)9-7-20/h2-5,10-12H,6-9,19H2,1H3. The van der Waals surface area contributed by atoms with E-state index in [1.807, 2.05) is 17.1 Å². The highest BCUT2D eigenvalue weighted by atomic mass is 15.4. The van der Waals surface area contributed by atoms with Crippen LogP contribution in [-0.2, 0) is 0 Å². The molecule has 1 fully saturated rings. The molecule has 21 heavy (non-hydrogen) atoms. The van der Waals surface area contributed by atoms with Gasteiger partial charge in [-0.3, -0.25) is 5.84 Å². The first-order valence-electron chi connectivity index (χ1n) is 7.34. The van der Waals surface area contributed by atoms with E-state index in [0.717, 1.165) is 31.6 Å². The zero-order valence-electron chi connectivity index (χ0n) is 12.4. The molecule has 0 unspecified atom stereocenters. The summed E-state index contributed by atoms with van der Waals surface area (Å²) in [5, 5.41) is 1.88. The van der Waals surface area contributed by atoms with E-state index in [1.165, 1.54) is 22.4 Å². The first-order chi connectivity index (χ1) is 10.1. The molecule has 4 heteroatoms. The van der Waals surface area contributed by atoms with Gasteiger partial charge in [0.1, 0.15) is 7.85 Å². The van der Waals surface area contributed by atoms with E-state index < -0.39 is 0 Å². The highest BCUT2D eigenvalue weighted by molar-refractivity contribution is 6.32. The average molecular weight is 277 g/mol. The fourth-order valence-electron chi connectivity index (χ4n) is 2.82. The number of piperazine rings is 1. The predicted octanol–water partition coefficient (Wildman–Crippen LogP) is 1.45. The zero-order valence-corrected chi connectivity index (χ0v) is 12.4. The SMILES string of the molecule is [B]c1cc(C)cc(-c2ccc(N3CCN(N)CC3)cc2)c1. The van der Waals surface area contributed by atoms with Gasteiger partial charge < -0.3 is 4.90 Å². The van der Waals surface area contributed by atoms with Gasteiger partial charge in [0.25, 0.3) is 0 Å². The summed E-state index contributed by atoms with van der Waals surface area (Å²) in [7, 11) is 5.93. The van der Waals surface area contributed by atoms with Gasteiger partial charge in [-0.15, -0.1) is 0 Å². The molecule has 0 amide bonds. The van der Waals surface area contributed by atoms with Crippen molar-refractivity contribution in [3.05, 3.63) is 48.0 Å². The van der Waals surface area contributed by atoms with E-state index in [9.17, 15) is 0 Å². The minimum Gasteiger partial charge on any atom is -0.369 e. The lowest BCUT2D eigenvalue weighted by Gasteiger charge is -2.33. The molecule has 2 aromatic rings. The van der Waals surface area contributed by atoms with Gasteiger partial charge in [-0.2, -0.15) is 0 Å². The average Bonchev–Trinajstić information content (AvgIpc) is 2.47. The number of benzene rings is 2. The van der Waals surface area contributed by atoms with Crippen LogP contribution in [0.2, 0.25) is 0 Å². The molecule has 0 bridgehead atoms. The van der Waals surface area contributed by atoms with Crippen LogP contribution in [0.1, 0.15) is 5.56 Å². The zero-order chi connectivity index (χ0) is 14.8. The van der Waals surface area contributed by atoms with Crippen molar-refractivity contribution in [2.45, 2.75) is 6.92 Å². The summed E-state index contributed by atoms with van der Waals surface area (Å²) in [4.78, 5) is 2.37. The van der Waals surface area contributed by atoms with Gasteiger partial charge in [-0.25, -0.2) is 5.01 Å². The molecule has 0 saturated carbocycles. The maximum atomic E-state index is 5.93. The molecule has 1 saturated heterocycles. The third kappa shape index (κ3) is 3.28. The molecular formula is C17H20BN3. The van der Waals surface area contributed by atoms with Crippen molar-refractivity contribution in [2.75, 3.05) is 31.1 Å². The van der Waals surface area contributed by atoms with Crippen LogP contribution in [0.25, 0.3) is 11.1 Å². The maximum Gasteiger partial charge on any atom is 0.113 e. The molecule has 3 rings (SSSR count).